The summed E-state index contributed by atoms with van der Waals surface area (Å²) in [4.78, 5) is 24.0. The van der Waals surface area contributed by atoms with E-state index >= 15 is 0 Å². The van der Waals surface area contributed by atoms with Crippen LogP contribution in [0.5, 0.6) is 0 Å². The summed E-state index contributed by atoms with van der Waals surface area (Å²) in [6.45, 7) is 7.87. The molecule has 0 aliphatic heterocycles. The molecule has 6 nitrogen and oxygen atoms in total. The van der Waals surface area contributed by atoms with Gasteiger partial charge in [-0.2, -0.15) is 0 Å². The van der Waals surface area contributed by atoms with Crippen molar-refractivity contribution in [3.05, 3.63) is 34.0 Å². The van der Waals surface area contributed by atoms with Gasteiger partial charge < -0.3 is 15.8 Å². The molecule has 0 saturated carbocycles. The van der Waals surface area contributed by atoms with Crippen LogP contribution in [-0.4, -0.2) is 22.2 Å². The molecule has 96 valence electrons. The number of rotatable bonds is 3. The van der Waals surface area contributed by atoms with Crippen molar-refractivity contribution in [3.63, 3.8) is 0 Å². The lowest BCUT2D eigenvalue weighted by Gasteiger charge is -1.94. The number of hydrogen-bond acceptors (Lipinski definition) is 5. The molecule has 0 spiro atoms. The Morgan fingerprint density at radius 3 is 2.18 bits per heavy atom. The lowest BCUT2D eigenvalue weighted by Crippen LogP contribution is -2.13. The van der Waals surface area contributed by atoms with Crippen molar-refractivity contribution in [3.8, 4) is 0 Å². The number of pyridine rings is 1. The highest BCUT2D eigenvalue weighted by Gasteiger charge is 2.09. The number of carbonyl (C=O) groups is 1. The summed E-state index contributed by atoms with van der Waals surface area (Å²) in [6, 6.07) is 2.50. The summed E-state index contributed by atoms with van der Waals surface area (Å²) < 4.78 is 0. The first kappa shape index (κ1) is 17.6. The summed E-state index contributed by atoms with van der Waals surface area (Å²) in [5.41, 5.74) is 5.38. The summed E-state index contributed by atoms with van der Waals surface area (Å²) in [5, 5.41) is 10.2. The molecule has 6 heteroatoms. The van der Waals surface area contributed by atoms with E-state index in [9.17, 15) is 14.9 Å². The van der Waals surface area contributed by atoms with E-state index in [1.807, 2.05) is 27.7 Å². The summed E-state index contributed by atoms with van der Waals surface area (Å²) >= 11 is 0. The van der Waals surface area contributed by atoms with Crippen LogP contribution >= 0.6 is 0 Å². The molecule has 1 heterocycles. The van der Waals surface area contributed by atoms with Gasteiger partial charge in [0.05, 0.1) is 12.1 Å². The third-order valence-corrected chi connectivity index (χ3v) is 1.44. The van der Waals surface area contributed by atoms with Crippen molar-refractivity contribution in [1.82, 2.24) is 4.98 Å². The molecule has 1 aromatic rings. The summed E-state index contributed by atoms with van der Waals surface area (Å²) in [6.07, 6.45) is 1.15. The molecule has 1 aromatic heterocycles. The molecule has 0 saturated heterocycles. The molecular weight excluding hydrogens is 222 g/mol. The van der Waals surface area contributed by atoms with Gasteiger partial charge in [0.25, 0.3) is 0 Å². The van der Waals surface area contributed by atoms with E-state index in [0.29, 0.717) is 0 Å². The van der Waals surface area contributed by atoms with Crippen LogP contribution in [0.25, 0.3) is 0 Å². The average molecular weight is 241 g/mol. The van der Waals surface area contributed by atoms with Gasteiger partial charge >= 0.3 is 5.82 Å². The lowest BCUT2D eigenvalue weighted by molar-refractivity contribution is -0.389. The average Bonchev–Trinajstić information content (AvgIpc) is 2.42. The maximum absolute atomic E-state index is 11.0. The Labute approximate surface area is 101 Å². The molecule has 0 aromatic carbocycles. The third-order valence-electron chi connectivity index (χ3n) is 1.44. The highest BCUT2D eigenvalue weighted by molar-refractivity contribution is 5.97. The largest absolute Gasteiger partial charge is 0.363 e. The molecule has 0 atom stereocenters. The van der Waals surface area contributed by atoms with Crippen LogP contribution in [0.3, 0.4) is 0 Å². The predicted octanol–water partition coefficient (Wildman–Crippen LogP) is 2.18. The zero-order chi connectivity index (χ0) is 13.8. The molecule has 0 radical (unpaired) electrons. The van der Waals surface area contributed by atoms with E-state index in [2.05, 4.69) is 4.98 Å². The Balaban J connectivity index is 0. The first-order valence-electron chi connectivity index (χ1n) is 5.49. The monoisotopic (exact) mass is 241 g/mol. The normalized spacial score (nSPS) is 8.06. The van der Waals surface area contributed by atoms with Crippen LogP contribution in [0.4, 0.5) is 5.82 Å². The smallest absolute Gasteiger partial charge is 0.358 e. The number of Topliss-reactive ketones (excluding diaryl/α,β-unsaturated/α-hetero) is 1. The van der Waals surface area contributed by atoms with Crippen molar-refractivity contribution in [2.45, 2.75) is 27.7 Å². The fourth-order valence-electron chi connectivity index (χ4n) is 0.777. The van der Waals surface area contributed by atoms with Gasteiger partial charge in [-0.25, -0.2) is 0 Å². The second-order valence-corrected chi connectivity index (χ2v) is 2.29. The molecule has 0 aliphatic rings. The Hall–Kier alpha value is -1.82. The maximum atomic E-state index is 11.0. The zero-order valence-corrected chi connectivity index (χ0v) is 10.6. The molecule has 0 unspecified atom stereocenters. The highest BCUT2D eigenvalue weighted by Crippen LogP contribution is 2.07. The number of hydrogen-bond donors (Lipinski definition) is 1. The van der Waals surface area contributed by atoms with Gasteiger partial charge in [0, 0.05) is 6.07 Å². The lowest BCUT2D eigenvalue weighted by atomic mass is 10.2. The first-order chi connectivity index (χ1) is 8.15. The van der Waals surface area contributed by atoms with E-state index in [1.165, 1.54) is 12.1 Å². The Morgan fingerprint density at radius 2 is 1.88 bits per heavy atom. The van der Waals surface area contributed by atoms with Crippen LogP contribution in [0.15, 0.2) is 18.3 Å². The van der Waals surface area contributed by atoms with E-state index < -0.39 is 4.92 Å². The second-order valence-electron chi connectivity index (χ2n) is 2.29. The van der Waals surface area contributed by atoms with Crippen LogP contribution in [0.2, 0.25) is 0 Å². The quantitative estimate of drug-likeness (QED) is 0.496. The Bertz CT molecular complexity index is 336. The minimum absolute atomic E-state index is 0.126. The number of aromatic nitrogens is 1. The Kier molecular flexibility index (Phi) is 11.0. The van der Waals surface area contributed by atoms with Gasteiger partial charge in [-0.3, -0.25) is 4.79 Å². The minimum atomic E-state index is -0.628. The molecular formula is C11H19N3O3. The molecule has 0 bridgehead atoms. The zero-order valence-electron chi connectivity index (χ0n) is 10.6. The second kappa shape index (κ2) is 10.7. The topological polar surface area (TPSA) is 99.1 Å². The first-order valence-corrected chi connectivity index (χ1v) is 5.49. The van der Waals surface area contributed by atoms with Gasteiger partial charge in [-0.1, -0.05) is 27.7 Å². The van der Waals surface area contributed by atoms with Crippen LogP contribution in [0.1, 0.15) is 38.1 Å². The SMILES string of the molecule is CC.CC.NCC(=O)c1ccc([N+](=O)[O-])nc1. The van der Waals surface area contributed by atoms with Crippen molar-refractivity contribution < 1.29 is 9.72 Å². The predicted molar refractivity (Wildman–Crippen MR) is 67.0 cm³/mol. The highest BCUT2D eigenvalue weighted by atomic mass is 16.6. The van der Waals surface area contributed by atoms with Crippen molar-refractivity contribution >= 4 is 11.6 Å². The number of ketones is 1. The van der Waals surface area contributed by atoms with Crippen LogP contribution in [0, 0.1) is 10.1 Å². The molecule has 0 amide bonds. The molecule has 1 rings (SSSR count). The number of nitro groups is 1. The van der Waals surface area contributed by atoms with E-state index in [0.717, 1.165) is 6.20 Å². The van der Waals surface area contributed by atoms with Gasteiger partial charge in [0.1, 0.15) is 0 Å². The number of nitrogens with two attached hydrogens (primary N) is 1. The van der Waals surface area contributed by atoms with Gasteiger partial charge in [-0.15, -0.1) is 0 Å². The summed E-state index contributed by atoms with van der Waals surface area (Å²) in [5.74, 6) is -0.573. The van der Waals surface area contributed by atoms with Crippen molar-refractivity contribution in [2.24, 2.45) is 5.73 Å². The molecule has 17 heavy (non-hydrogen) atoms. The molecule has 2 N–H and O–H groups in total. The maximum Gasteiger partial charge on any atom is 0.363 e. The Morgan fingerprint density at radius 1 is 1.35 bits per heavy atom. The number of carbonyl (C=O) groups excluding carboxylic acids is 1. The number of nitrogens with zero attached hydrogens (tertiary/aromatic N) is 2. The van der Waals surface area contributed by atoms with E-state index in [-0.39, 0.29) is 23.7 Å². The fourth-order valence-corrected chi connectivity index (χ4v) is 0.777. The van der Waals surface area contributed by atoms with Gasteiger partial charge in [0.15, 0.2) is 12.0 Å². The van der Waals surface area contributed by atoms with E-state index in [1.54, 1.807) is 0 Å². The van der Waals surface area contributed by atoms with E-state index in [4.69, 9.17) is 5.73 Å². The van der Waals surface area contributed by atoms with Gasteiger partial charge in [-0.05, 0) is 16.0 Å². The summed E-state index contributed by atoms with van der Waals surface area (Å²) in [7, 11) is 0. The molecule has 0 fully saturated rings. The minimum Gasteiger partial charge on any atom is -0.358 e. The third kappa shape index (κ3) is 6.36. The van der Waals surface area contributed by atoms with Crippen LogP contribution < -0.4 is 5.73 Å². The standard InChI is InChI=1S/C7H7N3O3.2C2H6/c8-3-6(11)5-1-2-7(9-4-5)10(12)13;2*1-2/h1-2,4H,3,8H2;2*1-2H3. The van der Waals surface area contributed by atoms with Crippen LogP contribution in [-0.2, 0) is 0 Å². The van der Waals surface area contributed by atoms with Crippen molar-refractivity contribution in [2.75, 3.05) is 6.54 Å². The van der Waals surface area contributed by atoms with Crippen molar-refractivity contribution in [1.29, 1.82) is 0 Å². The van der Waals surface area contributed by atoms with Gasteiger partial charge in [0.2, 0.25) is 0 Å². The molecule has 0 aliphatic carbocycles. The fraction of sp³-hybridized carbons (Fsp3) is 0.455.